The van der Waals surface area contributed by atoms with Gasteiger partial charge in [-0.25, -0.2) is 0 Å². The Hall–Kier alpha value is -4.13. The van der Waals surface area contributed by atoms with Gasteiger partial charge in [0.2, 0.25) is 0 Å². The summed E-state index contributed by atoms with van der Waals surface area (Å²) in [5.74, 6) is 0.415. The van der Waals surface area contributed by atoms with E-state index in [0.717, 1.165) is 12.0 Å². The van der Waals surface area contributed by atoms with Crippen molar-refractivity contribution in [2.75, 3.05) is 20.8 Å². The van der Waals surface area contributed by atoms with Crippen LogP contribution in [0, 0.1) is 0 Å². The van der Waals surface area contributed by atoms with Crippen LogP contribution in [0.5, 0.6) is 11.5 Å². The lowest BCUT2D eigenvalue weighted by atomic mass is 9.97. The molecule has 5 rings (SSSR count). The van der Waals surface area contributed by atoms with E-state index in [1.165, 1.54) is 10.5 Å². The molecule has 7 nitrogen and oxygen atoms in total. The molecule has 3 aromatic rings. The highest BCUT2D eigenvalue weighted by Gasteiger charge is 2.42. The molecule has 0 saturated heterocycles. The number of hydrogen-bond acceptors (Lipinski definition) is 6. The van der Waals surface area contributed by atoms with E-state index in [1.54, 1.807) is 44.7 Å². The molecule has 7 heteroatoms. The lowest BCUT2D eigenvalue weighted by molar-refractivity contribution is -0.138. The molecule has 0 fully saturated rings. The molecule has 0 bridgehead atoms. The van der Waals surface area contributed by atoms with Crippen LogP contribution in [0.3, 0.4) is 0 Å². The second-order valence-corrected chi connectivity index (χ2v) is 8.25. The number of nitrogens with zero attached hydrogens (tertiary/aromatic N) is 3. The second kappa shape index (κ2) is 9.02. The van der Waals surface area contributed by atoms with Gasteiger partial charge in [0.15, 0.2) is 11.5 Å². The number of rotatable bonds is 6. The summed E-state index contributed by atoms with van der Waals surface area (Å²) in [5.41, 5.74) is 4.50. The molecule has 2 aromatic carbocycles. The standard InChI is InChI=1S/C27H25N3O4/c1-33-22-11-10-19(15-23(22)34-2)24-25(29-14-12-18-7-3-4-8-20(18)16-29)27(32)30(26(24)31)17-21-9-5-6-13-28-21/h3-11,13,15H,12,14,16-17H2,1-2H3. The predicted octanol–water partition coefficient (Wildman–Crippen LogP) is 3.44. The van der Waals surface area contributed by atoms with Crippen LogP contribution >= 0.6 is 0 Å². The number of imide groups is 1. The Morgan fingerprint density at radius 1 is 0.882 bits per heavy atom. The number of carbonyl (C=O) groups excluding carboxylic acids is 2. The molecule has 2 aliphatic heterocycles. The molecule has 3 heterocycles. The zero-order chi connectivity index (χ0) is 23.7. The van der Waals surface area contributed by atoms with Crippen molar-refractivity contribution in [3.63, 3.8) is 0 Å². The van der Waals surface area contributed by atoms with E-state index in [1.807, 2.05) is 29.2 Å². The average Bonchev–Trinajstić information content (AvgIpc) is 3.13. The van der Waals surface area contributed by atoms with Gasteiger partial charge < -0.3 is 14.4 Å². The van der Waals surface area contributed by atoms with Crippen molar-refractivity contribution in [2.24, 2.45) is 0 Å². The maximum atomic E-state index is 13.7. The fourth-order valence-electron chi connectivity index (χ4n) is 4.59. The number of hydrogen-bond donors (Lipinski definition) is 0. The number of amides is 2. The van der Waals surface area contributed by atoms with E-state index in [9.17, 15) is 9.59 Å². The van der Waals surface area contributed by atoms with Gasteiger partial charge >= 0.3 is 0 Å². The molecule has 34 heavy (non-hydrogen) atoms. The number of methoxy groups -OCH3 is 2. The number of pyridine rings is 1. The van der Waals surface area contributed by atoms with Crippen LogP contribution in [-0.2, 0) is 29.1 Å². The largest absolute Gasteiger partial charge is 0.493 e. The fourth-order valence-corrected chi connectivity index (χ4v) is 4.59. The van der Waals surface area contributed by atoms with Crippen LogP contribution in [0.4, 0.5) is 0 Å². The topological polar surface area (TPSA) is 72.0 Å². The molecule has 2 aliphatic rings. The normalized spacial score (nSPS) is 15.6. The minimum Gasteiger partial charge on any atom is -0.493 e. The highest BCUT2D eigenvalue weighted by atomic mass is 16.5. The summed E-state index contributed by atoms with van der Waals surface area (Å²) in [7, 11) is 3.11. The van der Waals surface area contributed by atoms with E-state index >= 15 is 0 Å². The third kappa shape index (κ3) is 3.79. The zero-order valence-electron chi connectivity index (χ0n) is 19.2. The first-order chi connectivity index (χ1) is 16.6. The van der Waals surface area contributed by atoms with Gasteiger partial charge in [0, 0.05) is 19.3 Å². The van der Waals surface area contributed by atoms with Crippen molar-refractivity contribution in [1.82, 2.24) is 14.8 Å². The molecule has 0 aliphatic carbocycles. The van der Waals surface area contributed by atoms with Crippen LogP contribution in [0.1, 0.15) is 22.4 Å². The van der Waals surface area contributed by atoms with Gasteiger partial charge in [-0.2, -0.15) is 0 Å². The summed E-state index contributed by atoms with van der Waals surface area (Å²) in [6.45, 7) is 1.33. The number of aromatic nitrogens is 1. The molecule has 0 saturated carbocycles. The first-order valence-corrected chi connectivity index (χ1v) is 11.1. The number of benzene rings is 2. The van der Waals surface area contributed by atoms with Crippen molar-refractivity contribution in [1.29, 1.82) is 0 Å². The van der Waals surface area contributed by atoms with Crippen molar-refractivity contribution in [3.05, 3.63) is 94.9 Å². The number of fused-ring (bicyclic) bond motifs is 1. The van der Waals surface area contributed by atoms with Gasteiger partial charge in [-0.1, -0.05) is 36.4 Å². The van der Waals surface area contributed by atoms with Crippen molar-refractivity contribution >= 4 is 17.4 Å². The van der Waals surface area contributed by atoms with E-state index in [2.05, 4.69) is 17.1 Å². The first kappa shape index (κ1) is 21.7. The maximum absolute atomic E-state index is 13.7. The summed E-state index contributed by atoms with van der Waals surface area (Å²) >= 11 is 0. The fraction of sp³-hybridized carbons (Fsp3) is 0.222. The Morgan fingerprint density at radius 3 is 2.38 bits per heavy atom. The third-order valence-electron chi connectivity index (χ3n) is 6.31. The van der Waals surface area contributed by atoms with Gasteiger partial charge in [0.1, 0.15) is 5.70 Å². The molecule has 2 amide bonds. The highest BCUT2D eigenvalue weighted by Crippen LogP contribution is 2.38. The summed E-state index contributed by atoms with van der Waals surface area (Å²) in [4.78, 5) is 35.0. The molecule has 0 radical (unpaired) electrons. The lowest BCUT2D eigenvalue weighted by Crippen LogP contribution is -2.37. The minimum absolute atomic E-state index is 0.114. The molecule has 0 spiro atoms. The van der Waals surface area contributed by atoms with Crippen molar-refractivity contribution in [2.45, 2.75) is 19.5 Å². The summed E-state index contributed by atoms with van der Waals surface area (Å²) in [6.07, 6.45) is 2.46. The number of ether oxygens (including phenoxy) is 2. The SMILES string of the molecule is COc1ccc(C2=C(N3CCc4ccccc4C3)C(=O)N(Cc3ccccn3)C2=O)cc1OC. The Kier molecular flexibility index (Phi) is 5.76. The Morgan fingerprint density at radius 2 is 1.65 bits per heavy atom. The Labute approximate surface area is 198 Å². The van der Waals surface area contributed by atoms with Crippen molar-refractivity contribution in [3.8, 4) is 11.5 Å². The number of carbonyl (C=O) groups is 2. The zero-order valence-corrected chi connectivity index (χ0v) is 19.2. The van der Waals surface area contributed by atoms with Gasteiger partial charge in [-0.3, -0.25) is 19.5 Å². The highest BCUT2D eigenvalue weighted by molar-refractivity contribution is 6.35. The molecule has 1 aromatic heterocycles. The lowest BCUT2D eigenvalue weighted by Gasteiger charge is -2.31. The predicted molar refractivity (Wildman–Crippen MR) is 127 cm³/mol. The van der Waals surface area contributed by atoms with E-state index < -0.39 is 0 Å². The summed E-state index contributed by atoms with van der Waals surface area (Å²) in [5, 5.41) is 0. The maximum Gasteiger partial charge on any atom is 0.278 e. The van der Waals surface area contributed by atoms with Gasteiger partial charge in [-0.15, -0.1) is 0 Å². The van der Waals surface area contributed by atoms with Crippen LogP contribution < -0.4 is 9.47 Å². The van der Waals surface area contributed by atoms with Gasteiger partial charge in [-0.05, 0) is 47.4 Å². The van der Waals surface area contributed by atoms with E-state index in [-0.39, 0.29) is 18.4 Å². The van der Waals surface area contributed by atoms with Gasteiger partial charge in [0.05, 0.1) is 32.0 Å². The second-order valence-electron chi connectivity index (χ2n) is 8.25. The molecule has 0 unspecified atom stereocenters. The quantitative estimate of drug-likeness (QED) is 0.531. The summed E-state index contributed by atoms with van der Waals surface area (Å²) < 4.78 is 10.8. The van der Waals surface area contributed by atoms with Crippen LogP contribution in [0.25, 0.3) is 5.57 Å². The monoisotopic (exact) mass is 455 g/mol. The molecule has 0 atom stereocenters. The minimum atomic E-state index is -0.336. The molecular formula is C27H25N3O4. The van der Waals surface area contributed by atoms with Crippen LogP contribution in [0.15, 0.2) is 72.6 Å². The molecular weight excluding hydrogens is 430 g/mol. The smallest absolute Gasteiger partial charge is 0.278 e. The van der Waals surface area contributed by atoms with E-state index in [0.29, 0.717) is 47.1 Å². The van der Waals surface area contributed by atoms with Crippen LogP contribution in [-0.4, -0.2) is 47.4 Å². The van der Waals surface area contributed by atoms with E-state index in [4.69, 9.17) is 9.47 Å². The average molecular weight is 456 g/mol. The Bertz CT molecular complexity index is 1290. The summed E-state index contributed by atoms with van der Waals surface area (Å²) in [6, 6.07) is 19.0. The Balaban J connectivity index is 1.59. The van der Waals surface area contributed by atoms with Crippen LogP contribution in [0.2, 0.25) is 0 Å². The first-order valence-electron chi connectivity index (χ1n) is 11.1. The third-order valence-corrected chi connectivity index (χ3v) is 6.31. The molecule has 172 valence electrons. The molecule has 0 N–H and O–H groups in total. The van der Waals surface area contributed by atoms with Crippen molar-refractivity contribution < 1.29 is 19.1 Å². The van der Waals surface area contributed by atoms with Gasteiger partial charge in [0.25, 0.3) is 11.8 Å².